The number of rotatable bonds is 11. The van der Waals surface area contributed by atoms with Crippen molar-refractivity contribution in [2.45, 2.75) is 67.7 Å². The highest BCUT2D eigenvalue weighted by Crippen LogP contribution is 2.32. The molecule has 3 atom stereocenters. The van der Waals surface area contributed by atoms with Crippen molar-refractivity contribution in [1.29, 1.82) is 0 Å². The van der Waals surface area contributed by atoms with E-state index in [9.17, 15) is 18.4 Å². The van der Waals surface area contributed by atoms with Crippen LogP contribution in [0.3, 0.4) is 0 Å². The first kappa shape index (κ1) is 45.1. The van der Waals surface area contributed by atoms with Gasteiger partial charge in [-0.2, -0.15) is 0 Å². The molecule has 1 saturated heterocycles. The van der Waals surface area contributed by atoms with Crippen LogP contribution in [0, 0.1) is 23.1 Å². The Labute approximate surface area is 267 Å². The van der Waals surface area contributed by atoms with E-state index in [0.717, 1.165) is 19.1 Å². The van der Waals surface area contributed by atoms with E-state index in [4.69, 9.17) is 33.4 Å². The molecule has 0 unspecified atom stereocenters. The maximum Gasteiger partial charge on any atom is 0.211 e. The van der Waals surface area contributed by atoms with E-state index in [0.29, 0.717) is 49.5 Å². The highest BCUT2D eigenvalue weighted by atomic mass is 35.5. The Morgan fingerprint density at radius 1 is 1.16 bits per heavy atom. The summed E-state index contributed by atoms with van der Waals surface area (Å²) in [5, 5.41) is 23.6. The predicted octanol–water partition coefficient (Wildman–Crippen LogP) is 6.85. The Hall–Kier alpha value is -2.30. The third kappa shape index (κ3) is 24.8. The van der Waals surface area contributed by atoms with Crippen LogP contribution >= 0.6 is 23.2 Å². The van der Waals surface area contributed by atoms with E-state index in [-0.39, 0.29) is 28.5 Å². The normalized spacial score (nSPS) is 17.2. The van der Waals surface area contributed by atoms with E-state index in [2.05, 4.69) is 43.6 Å². The van der Waals surface area contributed by atoms with Crippen LogP contribution < -0.4 is 16.0 Å². The van der Waals surface area contributed by atoms with E-state index >= 15 is 0 Å². The number of allylic oxidation sites excluding steroid dienone is 5. The smallest absolute Gasteiger partial charge is 0.211 e. The molecule has 1 aromatic carbocycles. The quantitative estimate of drug-likeness (QED) is 0.133. The van der Waals surface area contributed by atoms with Gasteiger partial charge in [0.2, 0.25) is 12.8 Å². The highest BCUT2D eigenvalue weighted by Gasteiger charge is 2.27. The molecule has 248 valence electrons. The first-order valence-corrected chi connectivity index (χ1v) is 15.0. The molecule has 0 aliphatic carbocycles. The van der Waals surface area contributed by atoms with Crippen LogP contribution in [-0.4, -0.2) is 56.4 Å². The molecule has 7 nitrogen and oxygen atoms in total. The molecule has 2 amide bonds. The number of aliphatic hydroxyl groups is 2. The fourth-order valence-electron chi connectivity index (χ4n) is 3.26. The van der Waals surface area contributed by atoms with Gasteiger partial charge in [-0.15, -0.1) is 0 Å². The van der Waals surface area contributed by atoms with Crippen molar-refractivity contribution in [3.05, 3.63) is 69.4 Å². The molecule has 1 heterocycles. The summed E-state index contributed by atoms with van der Waals surface area (Å²) in [6, 6.07) is 4.63. The molecular weight excluding hydrogens is 599 g/mol. The number of halogens is 4. The summed E-state index contributed by atoms with van der Waals surface area (Å²) in [6.07, 6.45) is 6.29. The SMILES string of the molecule is CC.CC(C)(C)C.CO.C[C@@H](CCO)CNC=O.C\C(=C/C(Cl)=C(F)\C=C\[C@@H]1CNC[C@@H]1c1ccc(F)c(Cl)c1)NC=O. The summed E-state index contributed by atoms with van der Waals surface area (Å²) in [5.41, 5.74) is 1.83. The predicted molar refractivity (Wildman–Crippen MR) is 176 cm³/mol. The van der Waals surface area contributed by atoms with E-state index in [1.165, 1.54) is 18.2 Å². The largest absolute Gasteiger partial charge is 0.400 e. The number of carbonyl (C=O) groups is 2. The summed E-state index contributed by atoms with van der Waals surface area (Å²) < 4.78 is 27.4. The van der Waals surface area contributed by atoms with Gasteiger partial charge in [-0.05, 0) is 60.4 Å². The molecule has 2 rings (SSSR count). The minimum atomic E-state index is -0.600. The van der Waals surface area contributed by atoms with Crippen LogP contribution in [0.1, 0.15) is 73.3 Å². The van der Waals surface area contributed by atoms with Crippen molar-refractivity contribution in [2.75, 3.05) is 33.4 Å². The molecule has 0 radical (unpaired) electrons. The number of aliphatic hydroxyl groups excluding tert-OH is 2. The molecule has 0 bridgehead atoms. The molecule has 43 heavy (non-hydrogen) atoms. The molecule has 11 heteroatoms. The van der Waals surface area contributed by atoms with Crippen molar-refractivity contribution >= 4 is 36.0 Å². The standard InChI is InChI=1S/C18H18Cl2F2N2O.C6H13NO2.C5H12.C2H6.CH4O/c1-11(24-10-25)6-15(19)17(21)5-3-13-8-23-9-14(13)12-2-4-18(22)16(20)7-12;1-6(2-3-8)4-7-5-9;1-5(2,3)4;2*1-2/h2-7,10,13-14,23H,8-9H2,1H3,(H,24,25);5-6,8H,2-4H2,1H3,(H,7,9);1-4H3;1-2H3;2H,1H3/b5-3+,11-6+,17-15-;;;;/t13-,14-;6-;;;/m10.../s1. The average molecular weight is 653 g/mol. The number of carbonyl (C=O) groups excluding carboxylic acids is 2. The first-order valence-electron chi connectivity index (χ1n) is 14.2. The van der Waals surface area contributed by atoms with Crippen LogP contribution in [0.5, 0.6) is 0 Å². The third-order valence-electron chi connectivity index (χ3n) is 5.15. The van der Waals surface area contributed by atoms with Crippen LogP contribution in [0.4, 0.5) is 8.78 Å². The molecule has 0 spiro atoms. The summed E-state index contributed by atoms with van der Waals surface area (Å²) in [5.74, 6) is -0.600. The van der Waals surface area contributed by atoms with Gasteiger partial charge in [0.05, 0.1) is 10.1 Å². The Morgan fingerprint density at radius 2 is 1.74 bits per heavy atom. The molecule has 0 saturated carbocycles. The van der Waals surface area contributed by atoms with Gasteiger partial charge in [-0.1, -0.05) is 83.8 Å². The molecule has 1 aliphatic heterocycles. The number of benzene rings is 1. The zero-order valence-electron chi connectivity index (χ0n) is 27.1. The number of nitrogens with one attached hydrogen (secondary N) is 3. The number of amides is 2. The minimum Gasteiger partial charge on any atom is -0.400 e. The van der Waals surface area contributed by atoms with Crippen LogP contribution in [0.2, 0.25) is 5.02 Å². The fraction of sp³-hybridized carbons (Fsp3) is 0.562. The molecule has 1 fully saturated rings. The molecule has 5 N–H and O–H groups in total. The van der Waals surface area contributed by atoms with Gasteiger partial charge in [0, 0.05) is 45.0 Å². The van der Waals surface area contributed by atoms with Crippen LogP contribution in [-0.2, 0) is 9.59 Å². The summed E-state index contributed by atoms with van der Waals surface area (Å²) in [7, 11) is 1.00. The van der Waals surface area contributed by atoms with Gasteiger partial charge in [0.25, 0.3) is 0 Å². The zero-order valence-corrected chi connectivity index (χ0v) is 28.6. The zero-order chi connectivity index (χ0) is 34.0. The Bertz CT molecular complexity index is 978. The van der Waals surface area contributed by atoms with Crippen LogP contribution in [0.25, 0.3) is 0 Å². The van der Waals surface area contributed by atoms with E-state index in [1.807, 2.05) is 20.8 Å². The summed E-state index contributed by atoms with van der Waals surface area (Å²) in [4.78, 5) is 20.1. The van der Waals surface area contributed by atoms with Gasteiger partial charge < -0.3 is 26.2 Å². The maximum absolute atomic E-state index is 14.1. The minimum absolute atomic E-state index is 0.0231. The van der Waals surface area contributed by atoms with Gasteiger partial charge in [0.15, 0.2) is 0 Å². The highest BCUT2D eigenvalue weighted by molar-refractivity contribution is 6.31. The average Bonchev–Trinajstić information content (AvgIpc) is 3.42. The Kier molecular flexibility index (Phi) is 28.6. The molecular formula is C32H53Cl2F2N3O4. The molecule has 1 aliphatic rings. The van der Waals surface area contributed by atoms with Gasteiger partial charge in [-0.3, -0.25) is 9.59 Å². The lowest BCUT2D eigenvalue weighted by atomic mass is 9.88. The molecule has 1 aromatic rings. The lowest BCUT2D eigenvalue weighted by Gasteiger charge is -2.16. The summed E-state index contributed by atoms with van der Waals surface area (Å²) >= 11 is 11.7. The van der Waals surface area contributed by atoms with Crippen molar-refractivity contribution in [2.24, 2.45) is 17.3 Å². The molecule has 0 aromatic heterocycles. The second-order valence-corrected chi connectivity index (χ2v) is 11.7. The number of hydrogen-bond donors (Lipinski definition) is 5. The van der Waals surface area contributed by atoms with Crippen molar-refractivity contribution in [3.63, 3.8) is 0 Å². The van der Waals surface area contributed by atoms with Crippen molar-refractivity contribution in [3.8, 4) is 0 Å². The lowest BCUT2D eigenvalue weighted by Crippen LogP contribution is -2.19. The van der Waals surface area contributed by atoms with E-state index in [1.54, 1.807) is 25.1 Å². The third-order valence-corrected chi connectivity index (χ3v) is 5.73. The maximum atomic E-state index is 14.1. The van der Waals surface area contributed by atoms with Crippen molar-refractivity contribution in [1.82, 2.24) is 16.0 Å². The summed E-state index contributed by atoms with van der Waals surface area (Å²) in [6.45, 7) is 18.5. The lowest BCUT2D eigenvalue weighted by molar-refractivity contribution is -0.110. The van der Waals surface area contributed by atoms with Gasteiger partial charge in [0.1, 0.15) is 11.6 Å². The Morgan fingerprint density at radius 3 is 2.23 bits per heavy atom. The monoisotopic (exact) mass is 651 g/mol. The van der Waals surface area contributed by atoms with Gasteiger partial charge in [-0.25, -0.2) is 8.78 Å². The van der Waals surface area contributed by atoms with Crippen LogP contribution in [0.15, 0.2) is 53.0 Å². The second-order valence-electron chi connectivity index (χ2n) is 10.9. The van der Waals surface area contributed by atoms with Crippen molar-refractivity contribution < 1.29 is 28.6 Å². The van der Waals surface area contributed by atoms with E-state index < -0.39 is 11.6 Å². The second kappa shape index (κ2) is 27.3. The van der Waals surface area contributed by atoms with Gasteiger partial charge >= 0.3 is 0 Å². The first-order chi connectivity index (χ1) is 20.2. The fourth-order valence-corrected chi connectivity index (χ4v) is 3.68. The Balaban J connectivity index is -0.000000734. The topological polar surface area (TPSA) is 111 Å². The number of hydrogen-bond acceptors (Lipinski definition) is 5.